The monoisotopic (exact) mass is 359 g/mol. The third-order valence-electron chi connectivity index (χ3n) is 4.08. The van der Waals surface area contributed by atoms with Crippen molar-refractivity contribution < 1.29 is 14.2 Å². The average molecular weight is 359 g/mol. The third-order valence-corrected chi connectivity index (χ3v) is 4.08. The van der Waals surface area contributed by atoms with Gasteiger partial charge < -0.3 is 19.5 Å². The van der Waals surface area contributed by atoms with Crippen LogP contribution in [0, 0.1) is 0 Å². The lowest BCUT2D eigenvalue weighted by molar-refractivity contribution is 0.178. The minimum atomic E-state index is 0.146. The average Bonchev–Trinajstić information content (AvgIpc) is 2.68. The highest BCUT2D eigenvalue weighted by atomic mass is 16.5. The molecule has 0 saturated carbocycles. The van der Waals surface area contributed by atoms with E-state index in [4.69, 9.17) is 14.2 Å². The van der Waals surface area contributed by atoms with Gasteiger partial charge in [-0.25, -0.2) is 9.97 Å². The van der Waals surface area contributed by atoms with Crippen LogP contribution >= 0.6 is 0 Å². The van der Waals surface area contributed by atoms with E-state index in [9.17, 15) is 0 Å². The number of methoxy groups -OCH3 is 1. The number of rotatable bonds is 10. The highest BCUT2D eigenvalue weighted by Gasteiger charge is 2.16. The number of anilines is 1. The molecule has 0 saturated heterocycles. The number of nitrogens with zero attached hydrogens (tertiary/aromatic N) is 2. The Labute approximate surface area is 155 Å². The van der Waals surface area contributed by atoms with E-state index < -0.39 is 0 Å². The first-order valence-corrected chi connectivity index (χ1v) is 9.19. The van der Waals surface area contributed by atoms with Gasteiger partial charge in [0.15, 0.2) is 5.82 Å². The van der Waals surface area contributed by atoms with E-state index in [2.05, 4.69) is 29.1 Å². The molecule has 0 aliphatic carbocycles. The van der Waals surface area contributed by atoms with Gasteiger partial charge in [0.25, 0.3) is 5.88 Å². The zero-order valence-electron chi connectivity index (χ0n) is 16.3. The Morgan fingerprint density at radius 3 is 2.62 bits per heavy atom. The van der Waals surface area contributed by atoms with E-state index >= 15 is 0 Å². The summed E-state index contributed by atoms with van der Waals surface area (Å²) in [6, 6.07) is 5.69. The number of hydrogen-bond acceptors (Lipinski definition) is 6. The standard InChI is InChI=1S/C20H29N3O3/c1-6-9-14(7-2)26-20-19(21-4)23-17(13-22-20)16-11-10-15(25-8-3)12-18(16)24-5/h10-14H,6-9H2,1-5H3,(H,21,23). The highest BCUT2D eigenvalue weighted by Crippen LogP contribution is 2.34. The molecule has 2 aromatic rings. The minimum absolute atomic E-state index is 0.146. The van der Waals surface area contributed by atoms with Crippen molar-refractivity contribution in [2.45, 2.75) is 46.1 Å². The van der Waals surface area contributed by atoms with Crippen LogP contribution in [-0.4, -0.2) is 36.8 Å². The van der Waals surface area contributed by atoms with Gasteiger partial charge in [-0.05, 0) is 31.9 Å². The van der Waals surface area contributed by atoms with Gasteiger partial charge in [0.1, 0.15) is 17.6 Å². The molecule has 0 aliphatic heterocycles. The Kier molecular flexibility index (Phi) is 7.51. The molecule has 1 N–H and O–H groups in total. The maximum atomic E-state index is 6.04. The Bertz CT molecular complexity index is 707. The molecule has 142 valence electrons. The van der Waals surface area contributed by atoms with E-state index in [0.717, 1.165) is 30.6 Å². The number of aromatic nitrogens is 2. The lowest BCUT2D eigenvalue weighted by atomic mass is 10.1. The van der Waals surface area contributed by atoms with Crippen LogP contribution in [0.4, 0.5) is 5.82 Å². The van der Waals surface area contributed by atoms with Crippen LogP contribution in [0.2, 0.25) is 0 Å². The molecular formula is C20H29N3O3. The van der Waals surface area contributed by atoms with E-state index in [-0.39, 0.29) is 6.10 Å². The molecule has 1 atom stereocenters. The lowest BCUT2D eigenvalue weighted by Gasteiger charge is -2.18. The molecular weight excluding hydrogens is 330 g/mol. The fraction of sp³-hybridized carbons (Fsp3) is 0.500. The van der Waals surface area contributed by atoms with Crippen molar-refractivity contribution in [3.8, 4) is 28.6 Å². The summed E-state index contributed by atoms with van der Waals surface area (Å²) in [5.74, 6) is 2.60. The number of hydrogen-bond donors (Lipinski definition) is 1. The van der Waals surface area contributed by atoms with Crippen LogP contribution in [0.15, 0.2) is 24.4 Å². The van der Waals surface area contributed by atoms with Crippen molar-refractivity contribution in [3.05, 3.63) is 24.4 Å². The normalized spacial score (nSPS) is 11.7. The van der Waals surface area contributed by atoms with Crippen LogP contribution in [0.1, 0.15) is 40.0 Å². The molecule has 0 fully saturated rings. The molecule has 0 spiro atoms. The smallest absolute Gasteiger partial charge is 0.257 e. The van der Waals surface area contributed by atoms with E-state index in [1.165, 1.54) is 0 Å². The summed E-state index contributed by atoms with van der Waals surface area (Å²) >= 11 is 0. The fourth-order valence-corrected chi connectivity index (χ4v) is 2.72. The zero-order chi connectivity index (χ0) is 18.9. The molecule has 6 heteroatoms. The molecule has 0 amide bonds. The van der Waals surface area contributed by atoms with Gasteiger partial charge in [0, 0.05) is 18.7 Å². The van der Waals surface area contributed by atoms with Crippen LogP contribution in [-0.2, 0) is 0 Å². The minimum Gasteiger partial charge on any atom is -0.496 e. The summed E-state index contributed by atoms with van der Waals surface area (Å²) in [5, 5.41) is 3.08. The summed E-state index contributed by atoms with van der Waals surface area (Å²) in [6.45, 7) is 6.82. The van der Waals surface area contributed by atoms with Crippen molar-refractivity contribution in [1.29, 1.82) is 0 Å². The molecule has 1 aromatic carbocycles. The van der Waals surface area contributed by atoms with Gasteiger partial charge in [0.2, 0.25) is 0 Å². The molecule has 6 nitrogen and oxygen atoms in total. The first-order chi connectivity index (χ1) is 12.7. The molecule has 2 rings (SSSR count). The molecule has 26 heavy (non-hydrogen) atoms. The summed E-state index contributed by atoms with van der Waals surface area (Å²) in [6.07, 6.45) is 4.87. The second kappa shape index (κ2) is 9.85. The predicted molar refractivity (Wildman–Crippen MR) is 104 cm³/mol. The Hall–Kier alpha value is -2.50. The SMILES string of the molecule is CCCC(CC)Oc1ncc(-c2ccc(OCC)cc2OC)nc1NC. The first-order valence-electron chi connectivity index (χ1n) is 9.19. The van der Waals surface area contributed by atoms with Crippen LogP contribution in [0.3, 0.4) is 0 Å². The molecule has 0 radical (unpaired) electrons. The van der Waals surface area contributed by atoms with Gasteiger partial charge in [0.05, 0.1) is 25.6 Å². The summed E-state index contributed by atoms with van der Waals surface area (Å²) in [5.41, 5.74) is 1.57. The maximum absolute atomic E-state index is 6.04. The van der Waals surface area contributed by atoms with Crippen molar-refractivity contribution in [2.24, 2.45) is 0 Å². The van der Waals surface area contributed by atoms with Gasteiger partial charge in [-0.2, -0.15) is 0 Å². The van der Waals surface area contributed by atoms with Crippen LogP contribution < -0.4 is 19.5 Å². The second-order valence-electron chi connectivity index (χ2n) is 5.89. The topological polar surface area (TPSA) is 65.5 Å². The summed E-state index contributed by atoms with van der Waals surface area (Å²) < 4.78 is 17.1. The van der Waals surface area contributed by atoms with Gasteiger partial charge in [-0.1, -0.05) is 20.3 Å². The number of nitrogens with one attached hydrogen (secondary N) is 1. The molecule has 0 aliphatic rings. The summed E-state index contributed by atoms with van der Waals surface area (Å²) in [4.78, 5) is 9.17. The van der Waals surface area contributed by atoms with Crippen molar-refractivity contribution in [1.82, 2.24) is 9.97 Å². The number of benzene rings is 1. The third kappa shape index (κ3) is 4.77. The zero-order valence-corrected chi connectivity index (χ0v) is 16.3. The largest absolute Gasteiger partial charge is 0.496 e. The van der Waals surface area contributed by atoms with Crippen molar-refractivity contribution in [3.63, 3.8) is 0 Å². The molecule has 0 bridgehead atoms. The highest BCUT2D eigenvalue weighted by molar-refractivity contribution is 5.69. The van der Waals surface area contributed by atoms with E-state index in [0.29, 0.717) is 29.7 Å². The quantitative estimate of drug-likeness (QED) is 0.671. The number of ether oxygens (including phenoxy) is 3. The summed E-state index contributed by atoms with van der Waals surface area (Å²) in [7, 11) is 3.45. The maximum Gasteiger partial charge on any atom is 0.257 e. The van der Waals surface area contributed by atoms with E-state index in [1.54, 1.807) is 13.3 Å². The first kappa shape index (κ1) is 19.8. The lowest BCUT2D eigenvalue weighted by Crippen LogP contribution is -2.17. The molecule has 1 aromatic heterocycles. The van der Waals surface area contributed by atoms with Crippen molar-refractivity contribution >= 4 is 5.82 Å². The van der Waals surface area contributed by atoms with E-state index in [1.807, 2.05) is 32.2 Å². The Morgan fingerprint density at radius 2 is 2.00 bits per heavy atom. The molecule has 1 unspecified atom stereocenters. The predicted octanol–water partition coefficient (Wildman–Crippen LogP) is 4.55. The van der Waals surface area contributed by atoms with Gasteiger partial charge >= 0.3 is 0 Å². The van der Waals surface area contributed by atoms with Crippen molar-refractivity contribution in [2.75, 3.05) is 26.1 Å². The van der Waals surface area contributed by atoms with Gasteiger partial charge in [-0.3, -0.25) is 0 Å². The van der Waals surface area contributed by atoms with Crippen LogP contribution in [0.25, 0.3) is 11.3 Å². The van der Waals surface area contributed by atoms with Crippen LogP contribution in [0.5, 0.6) is 17.4 Å². The van der Waals surface area contributed by atoms with Gasteiger partial charge in [-0.15, -0.1) is 0 Å². The Balaban J connectivity index is 2.34. The Morgan fingerprint density at radius 1 is 1.19 bits per heavy atom. The molecule has 1 heterocycles. The second-order valence-corrected chi connectivity index (χ2v) is 5.89. The fourth-order valence-electron chi connectivity index (χ4n) is 2.72.